The lowest BCUT2D eigenvalue weighted by molar-refractivity contribution is 0.407. The maximum atomic E-state index is 13.6. The van der Waals surface area contributed by atoms with Crippen LogP contribution in [0.1, 0.15) is 11.1 Å². The van der Waals surface area contributed by atoms with Gasteiger partial charge in [-0.2, -0.15) is 0 Å². The Hall–Kier alpha value is -1.46. The molecule has 0 saturated carbocycles. The first kappa shape index (κ1) is 15.9. The van der Waals surface area contributed by atoms with Gasteiger partial charge in [0.1, 0.15) is 5.75 Å². The molecule has 0 amide bonds. The minimum absolute atomic E-state index is 0.263. The zero-order valence-corrected chi connectivity index (χ0v) is 13.2. The number of hydrogen-bond donors (Lipinski definition) is 1. The number of methoxy groups -OCH3 is 1. The van der Waals surface area contributed by atoms with Gasteiger partial charge < -0.3 is 10.5 Å². The van der Waals surface area contributed by atoms with E-state index in [1.165, 1.54) is 6.07 Å². The van der Waals surface area contributed by atoms with E-state index in [-0.39, 0.29) is 18.0 Å². The van der Waals surface area contributed by atoms with Crippen molar-refractivity contribution in [1.82, 2.24) is 0 Å². The van der Waals surface area contributed by atoms with Crippen LogP contribution in [0.5, 0.6) is 5.75 Å². The van der Waals surface area contributed by atoms with E-state index in [9.17, 15) is 8.78 Å². The summed E-state index contributed by atoms with van der Waals surface area (Å²) in [4.78, 5) is 0. The van der Waals surface area contributed by atoms with Crippen molar-refractivity contribution in [3.8, 4) is 5.75 Å². The fourth-order valence-corrected chi connectivity index (χ4v) is 2.66. The van der Waals surface area contributed by atoms with E-state index in [0.29, 0.717) is 6.42 Å². The highest BCUT2D eigenvalue weighted by atomic mass is 79.9. The molecule has 0 aliphatic heterocycles. The van der Waals surface area contributed by atoms with Crippen LogP contribution in [0.25, 0.3) is 0 Å². The zero-order valence-electron chi connectivity index (χ0n) is 11.6. The summed E-state index contributed by atoms with van der Waals surface area (Å²) in [5.41, 5.74) is 7.29. The van der Waals surface area contributed by atoms with Crippen LogP contribution in [-0.2, 0) is 12.8 Å². The largest absolute Gasteiger partial charge is 0.496 e. The molecule has 0 aliphatic rings. The average Bonchev–Trinajstić information content (AvgIpc) is 2.44. The zero-order chi connectivity index (χ0) is 15.4. The molecule has 2 rings (SSSR count). The van der Waals surface area contributed by atoms with E-state index in [1.54, 1.807) is 13.2 Å². The Labute approximate surface area is 131 Å². The van der Waals surface area contributed by atoms with E-state index in [0.717, 1.165) is 21.9 Å². The van der Waals surface area contributed by atoms with Crippen molar-refractivity contribution in [3.05, 3.63) is 63.6 Å². The van der Waals surface area contributed by atoms with Crippen LogP contribution >= 0.6 is 15.9 Å². The Kier molecular flexibility index (Phi) is 5.31. The number of benzene rings is 2. The molecular weight excluding hydrogens is 340 g/mol. The number of hydrogen-bond acceptors (Lipinski definition) is 2. The topological polar surface area (TPSA) is 35.2 Å². The van der Waals surface area contributed by atoms with Gasteiger partial charge in [-0.05, 0) is 48.2 Å². The highest BCUT2D eigenvalue weighted by Crippen LogP contribution is 2.24. The van der Waals surface area contributed by atoms with Gasteiger partial charge in [0.2, 0.25) is 0 Å². The van der Waals surface area contributed by atoms with E-state index < -0.39 is 11.6 Å². The molecule has 0 heterocycles. The summed E-state index contributed by atoms with van der Waals surface area (Å²) in [6, 6.07) is 9.44. The van der Waals surface area contributed by atoms with Crippen LogP contribution in [0.4, 0.5) is 8.78 Å². The van der Waals surface area contributed by atoms with Crippen molar-refractivity contribution in [2.75, 3.05) is 7.11 Å². The SMILES string of the molecule is COc1ccc(Br)cc1CC(N)Cc1cccc(F)c1F. The maximum Gasteiger partial charge on any atom is 0.162 e. The summed E-state index contributed by atoms with van der Waals surface area (Å²) in [6.45, 7) is 0. The van der Waals surface area contributed by atoms with Crippen LogP contribution in [-0.4, -0.2) is 13.2 Å². The molecule has 2 aromatic carbocycles. The first-order valence-corrected chi connectivity index (χ1v) is 7.31. The summed E-state index contributed by atoms with van der Waals surface area (Å²) in [6.07, 6.45) is 0.776. The second-order valence-corrected chi connectivity index (χ2v) is 5.75. The van der Waals surface area contributed by atoms with Gasteiger partial charge in [0, 0.05) is 10.5 Å². The molecule has 2 N–H and O–H groups in total. The second-order valence-electron chi connectivity index (χ2n) is 4.84. The van der Waals surface area contributed by atoms with Crippen LogP contribution in [0.15, 0.2) is 40.9 Å². The lowest BCUT2D eigenvalue weighted by Gasteiger charge is -2.15. The summed E-state index contributed by atoms with van der Waals surface area (Å²) in [7, 11) is 1.59. The first-order valence-electron chi connectivity index (χ1n) is 6.52. The quantitative estimate of drug-likeness (QED) is 0.883. The summed E-state index contributed by atoms with van der Waals surface area (Å²) >= 11 is 3.40. The summed E-state index contributed by atoms with van der Waals surface area (Å²) in [5, 5.41) is 0. The molecule has 5 heteroatoms. The third-order valence-corrected chi connectivity index (χ3v) is 3.73. The van der Waals surface area contributed by atoms with E-state index in [4.69, 9.17) is 10.5 Å². The lowest BCUT2D eigenvalue weighted by Crippen LogP contribution is -2.26. The highest BCUT2D eigenvalue weighted by molar-refractivity contribution is 9.10. The van der Waals surface area contributed by atoms with Crippen LogP contribution in [0.2, 0.25) is 0 Å². The van der Waals surface area contributed by atoms with E-state index in [1.807, 2.05) is 18.2 Å². The fourth-order valence-electron chi connectivity index (χ4n) is 2.25. The minimum Gasteiger partial charge on any atom is -0.496 e. The van der Waals surface area contributed by atoms with E-state index >= 15 is 0 Å². The Morgan fingerprint density at radius 1 is 1.14 bits per heavy atom. The molecule has 0 spiro atoms. The molecule has 1 atom stereocenters. The van der Waals surface area contributed by atoms with Gasteiger partial charge >= 0.3 is 0 Å². The molecule has 0 saturated heterocycles. The molecule has 0 fully saturated rings. The van der Waals surface area contributed by atoms with Gasteiger partial charge in [-0.25, -0.2) is 8.78 Å². The molecule has 0 aliphatic carbocycles. The Morgan fingerprint density at radius 2 is 1.86 bits per heavy atom. The molecule has 21 heavy (non-hydrogen) atoms. The normalized spacial score (nSPS) is 12.2. The Balaban J connectivity index is 2.13. The van der Waals surface area contributed by atoms with E-state index in [2.05, 4.69) is 15.9 Å². The Morgan fingerprint density at radius 3 is 2.57 bits per heavy atom. The maximum absolute atomic E-state index is 13.6. The number of rotatable bonds is 5. The van der Waals surface area contributed by atoms with Gasteiger partial charge in [-0.1, -0.05) is 28.1 Å². The highest BCUT2D eigenvalue weighted by Gasteiger charge is 2.14. The van der Waals surface area contributed by atoms with Crippen molar-refractivity contribution >= 4 is 15.9 Å². The van der Waals surface area contributed by atoms with Crippen LogP contribution < -0.4 is 10.5 Å². The summed E-state index contributed by atoms with van der Waals surface area (Å²) in [5.74, 6) is -0.942. The first-order chi connectivity index (χ1) is 10.0. The molecule has 0 bridgehead atoms. The number of ether oxygens (including phenoxy) is 1. The monoisotopic (exact) mass is 355 g/mol. The fraction of sp³-hybridized carbons (Fsp3) is 0.250. The molecule has 0 radical (unpaired) electrons. The predicted molar refractivity (Wildman–Crippen MR) is 82.4 cm³/mol. The van der Waals surface area contributed by atoms with Crippen molar-refractivity contribution in [2.24, 2.45) is 5.73 Å². The van der Waals surface area contributed by atoms with Crippen LogP contribution in [0.3, 0.4) is 0 Å². The van der Waals surface area contributed by atoms with Crippen molar-refractivity contribution < 1.29 is 13.5 Å². The molecule has 0 aromatic heterocycles. The van der Waals surface area contributed by atoms with Crippen molar-refractivity contribution in [2.45, 2.75) is 18.9 Å². The molecular formula is C16H16BrF2NO. The average molecular weight is 356 g/mol. The molecule has 112 valence electrons. The van der Waals surface area contributed by atoms with Gasteiger partial charge in [-0.15, -0.1) is 0 Å². The number of halogens is 3. The smallest absolute Gasteiger partial charge is 0.162 e. The van der Waals surface area contributed by atoms with Crippen molar-refractivity contribution in [3.63, 3.8) is 0 Å². The third kappa shape index (κ3) is 4.02. The van der Waals surface area contributed by atoms with Gasteiger partial charge in [-0.3, -0.25) is 0 Å². The number of nitrogens with two attached hydrogens (primary N) is 1. The lowest BCUT2D eigenvalue weighted by atomic mass is 9.99. The van der Waals surface area contributed by atoms with Gasteiger partial charge in [0.15, 0.2) is 11.6 Å². The van der Waals surface area contributed by atoms with Crippen molar-refractivity contribution in [1.29, 1.82) is 0 Å². The molecule has 2 aromatic rings. The van der Waals surface area contributed by atoms with Gasteiger partial charge in [0.25, 0.3) is 0 Å². The molecule has 2 nitrogen and oxygen atoms in total. The summed E-state index contributed by atoms with van der Waals surface area (Å²) < 4.78 is 33.0. The van der Waals surface area contributed by atoms with Gasteiger partial charge in [0.05, 0.1) is 7.11 Å². The standard InChI is InChI=1S/C16H16BrF2NO/c1-21-15-6-5-12(17)7-11(15)9-13(20)8-10-3-2-4-14(18)16(10)19/h2-7,13H,8-9,20H2,1H3. The van der Waals surface area contributed by atoms with Crippen LogP contribution in [0, 0.1) is 11.6 Å². The predicted octanol–water partition coefficient (Wildman–Crippen LogP) is 3.85. The molecule has 1 unspecified atom stereocenters. The third-order valence-electron chi connectivity index (χ3n) is 3.24. The Bertz CT molecular complexity index is 634. The second kappa shape index (κ2) is 7.00. The minimum atomic E-state index is -0.847.